The first-order chi connectivity index (χ1) is 15.2. The van der Waals surface area contributed by atoms with Gasteiger partial charge in [-0.05, 0) is 62.9 Å². The highest BCUT2D eigenvalue weighted by molar-refractivity contribution is 7.89. The second-order valence-electron chi connectivity index (χ2n) is 8.04. The third-order valence-corrected chi connectivity index (χ3v) is 7.91. The van der Waals surface area contributed by atoms with Crippen molar-refractivity contribution in [2.75, 3.05) is 31.6 Å². The molecule has 1 saturated heterocycles. The number of nitrogens with zero attached hydrogens (tertiary/aromatic N) is 2. The zero-order chi connectivity index (χ0) is 23.5. The van der Waals surface area contributed by atoms with Gasteiger partial charge in [0.1, 0.15) is 0 Å². The number of piperidine rings is 1. The molecule has 0 radical (unpaired) electrons. The third-order valence-electron chi connectivity index (χ3n) is 5.95. The molecular formula is C24H30N2O5S. The van der Waals surface area contributed by atoms with Crippen molar-refractivity contribution in [3.05, 3.63) is 59.2 Å². The van der Waals surface area contributed by atoms with Gasteiger partial charge >= 0.3 is 5.97 Å². The minimum absolute atomic E-state index is 0.0141. The molecule has 172 valence electrons. The second-order valence-corrected chi connectivity index (χ2v) is 9.94. The molecule has 0 bridgehead atoms. The number of rotatable bonds is 6. The van der Waals surface area contributed by atoms with Gasteiger partial charge in [-0.3, -0.25) is 4.79 Å². The van der Waals surface area contributed by atoms with Gasteiger partial charge < -0.3 is 9.64 Å². The van der Waals surface area contributed by atoms with Crippen LogP contribution in [0.1, 0.15) is 41.3 Å². The van der Waals surface area contributed by atoms with E-state index in [-0.39, 0.29) is 35.4 Å². The van der Waals surface area contributed by atoms with Crippen LogP contribution in [0.15, 0.2) is 47.4 Å². The summed E-state index contributed by atoms with van der Waals surface area (Å²) in [7, 11) is -2.66. The van der Waals surface area contributed by atoms with Crippen molar-refractivity contribution in [1.29, 1.82) is 0 Å². The fourth-order valence-corrected chi connectivity index (χ4v) is 5.78. The Balaban J connectivity index is 1.77. The van der Waals surface area contributed by atoms with Crippen LogP contribution < -0.4 is 4.90 Å². The highest BCUT2D eigenvalue weighted by Crippen LogP contribution is 2.29. The van der Waals surface area contributed by atoms with Crippen LogP contribution in [0.3, 0.4) is 0 Å². The molecule has 8 heteroatoms. The van der Waals surface area contributed by atoms with Crippen LogP contribution in [0.2, 0.25) is 0 Å². The van der Waals surface area contributed by atoms with Crippen LogP contribution in [0.5, 0.6) is 0 Å². The summed E-state index contributed by atoms with van der Waals surface area (Å²) in [5.74, 6) is -0.924. The standard InChI is InChI=1S/C24H30N2O5S/c1-5-26(21-16-17(2)10-11-18(21)3)23(27)19-12-14-25(15-13-19)32(29,30)22-9-7-6-8-20(22)24(28)31-4/h6-11,16,19H,5,12-15H2,1-4H3. The van der Waals surface area contributed by atoms with E-state index in [1.807, 2.05) is 39.0 Å². The molecule has 0 atom stereocenters. The van der Waals surface area contributed by atoms with E-state index in [9.17, 15) is 18.0 Å². The molecule has 1 aliphatic heterocycles. The Morgan fingerprint density at radius 2 is 1.75 bits per heavy atom. The number of esters is 1. The number of sulfonamides is 1. The van der Waals surface area contributed by atoms with Crippen LogP contribution in [0.25, 0.3) is 0 Å². The van der Waals surface area contributed by atoms with Crippen molar-refractivity contribution >= 4 is 27.6 Å². The summed E-state index contributed by atoms with van der Waals surface area (Å²) in [6.45, 7) is 6.92. The average Bonchev–Trinajstić information content (AvgIpc) is 2.81. The minimum atomic E-state index is -3.88. The lowest BCUT2D eigenvalue weighted by Gasteiger charge is -2.34. The average molecular weight is 459 g/mol. The number of ether oxygens (including phenoxy) is 1. The fourth-order valence-electron chi connectivity index (χ4n) is 4.13. The topological polar surface area (TPSA) is 84.0 Å². The number of aryl methyl sites for hydroxylation is 2. The highest BCUT2D eigenvalue weighted by atomic mass is 32.2. The lowest BCUT2D eigenvalue weighted by Crippen LogP contribution is -2.44. The second kappa shape index (κ2) is 9.83. The monoisotopic (exact) mass is 458 g/mol. The Labute approximate surface area is 190 Å². The first kappa shape index (κ1) is 23.9. The van der Waals surface area contributed by atoms with E-state index in [1.54, 1.807) is 17.0 Å². The summed E-state index contributed by atoms with van der Waals surface area (Å²) in [6, 6.07) is 12.1. The van der Waals surface area contributed by atoms with E-state index in [2.05, 4.69) is 0 Å². The summed E-state index contributed by atoms with van der Waals surface area (Å²) in [6.07, 6.45) is 0.861. The van der Waals surface area contributed by atoms with E-state index in [0.717, 1.165) is 16.8 Å². The largest absolute Gasteiger partial charge is 0.465 e. The van der Waals surface area contributed by atoms with E-state index in [4.69, 9.17) is 4.74 Å². The number of anilines is 1. The quantitative estimate of drug-likeness (QED) is 0.618. The Morgan fingerprint density at radius 1 is 1.09 bits per heavy atom. The molecule has 0 spiro atoms. The lowest BCUT2D eigenvalue weighted by atomic mass is 9.95. The molecule has 1 heterocycles. The molecule has 1 aliphatic rings. The van der Waals surface area contributed by atoms with E-state index < -0.39 is 16.0 Å². The van der Waals surface area contributed by atoms with Gasteiger partial charge in [-0.1, -0.05) is 24.3 Å². The number of hydrogen-bond acceptors (Lipinski definition) is 5. The summed E-state index contributed by atoms with van der Waals surface area (Å²) < 4.78 is 32.5. The van der Waals surface area contributed by atoms with Crippen molar-refractivity contribution in [3.63, 3.8) is 0 Å². The Morgan fingerprint density at radius 3 is 2.38 bits per heavy atom. The molecule has 7 nitrogen and oxygen atoms in total. The van der Waals surface area contributed by atoms with Gasteiger partial charge in [0.2, 0.25) is 15.9 Å². The predicted octanol–water partition coefficient (Wildman–Crippen LogP) is 3.54. The number of carbonyl (C=O) groups excluding carboxylic acids is 2. The molecule has 0 unspecified atom stereocenters. The van der Waals surface area contributed by atoms with Crippen LogP contribution >= 0.6 is 0 Å². The zero-order valence-corrected chi connectivity index (χ0v) is 19.8. The molecule has 0 aliphatic carbocycles. The van der Waals surface area contributed by atoms with E-state index in [1.165, 1.54) is 23.5 Å². The first-order valence-corrected chi connectivity index (χ1v) is 12.2. The number of benzene rings is 2. The van der Waals surface area contributed by atoms with Crippen LogP contribution in [-0.4, -0.2) is 51.3 Å². The maximum atomic E-state index is 13.3. The molecule has 2 aromatic rings. The maximum absolute atomic E-state index is 13.3. The Hall–Kier alpha value is -2.71. The Kier molecular flexibility index (Phi) is 7.36. The lowest BCUT2D eigenvalue weighted by molar-refractivity contribution is -0.123. The van der Waals surface area contributed by atoms with Crippen molar-refractivity contribution in [2.45, 2.75) is 38.5 Å². The van der Waals surface area contributed by atoms with Crippen LogP contribution in [-0.2, 0) is 19.6 Å². The summed E-state index contributed by atoms with van der Waals surface area (Å²) in [5.41, 5.74) is 3.03. The van der Waals surface area contributed by atoms with Gasteiger partial charge in [0.15, 0.2) is 0 Å². The van der Waals surface area contributed by atoms with Gasteiger partial charge in [0.05, 0.1) is 17.6 Å². The van der Waals surface area contributed by atoms with Gasteiger partial charge in [-0.2, -0.15) is 4.31 Å². The molecule has 2 aromatic carbocycles. The molecule has 1 fully saturated rings. The van der Waals surface area contributed by atoms with Crippen LogP contribution in [0, 0.1) is 19.8 Å². The van der Waals surface area contributed by atoms with Gasteiger partial charge in [0, 0.05) is 31.2 Å². The summed E-state index contributed by atoms with van der Waals surface area (Å²) >= 11 is 0. The van der Waals surface area contributed by atoms with Gasteiger partial charge in [-0.25, -0.2) is 13.2 Å². The van der Waals surface area contributed by atoms with Gasteiger partial charge in [0.25, 0.3) is 0 Å². The molecule has 32 heavy (non-hydrogen) atoms. The van der Waals surface area contributed by atoms with Crippen molar-refractivity contribution in [1.82, 2.24) is 4.31 Å². The first-order valence-electron chi connectivity index (χ1n) is 10.8. The smallest absolute Gasteiger partial charge is 0.339 e. The maximum Gasteiger partial charge on any atom is 0.339 e. The number of hydrogen-bond donors (Lipinski definition) is 0. The molecule has 0 N–H and O–H groups in total. The molecule has 0 aromatic heterocycles. The number of carbonyl (C=O) groups is 2. The van der Waals surface area contributed by atoms with Gasteiger partial charge in [-0.15, -0.1) is 0 Å². The normalized spacial score (nSPS) is 15.4. The Bertz CT molecular complexity index is 1110. The van der Waals surface area contributed by atoms with Crippen molar-refractivity contribution in [2.24, 2.45) is 5.92 Å². The third kappa shape index (κ3) is 4.71. The summed E-state index contributed by atoms with van der Waals surface area (Å²) in [4.78, 5) is 27.1. The molecule has 0 saturated carbocycles. The fraction of sp³-hybridized carbons (Fsp3) is 0.417. The predicted molar refractivity (Wildman–Crippen MR) is 123 cm³/mol. The summed E-state index contributed by atoms with van der Waals surface area (Å²) in [5, 5.41) is 0. The minimum Gasteiger partial charge on any atom is -0.465 e. The molecule has 3 rings (SSSR count). The van der Waals surface area contributed by atoms with E-state index >= 15 is 0 Å². The van der Waals surface area contributed by atoms with Crippen LogP contribution in [0.4, 0.5) is 5.69 Å². The zero-order valence-electron chi connectivity index (χ0n) is 19.0. The highest BCUT2D eigenvalue weighted by Gasteiger charge is 2.35. The molecular weight excluding hydrogens is 428 g/mol. The SMILES string of the molecule is CCN(C(=O)C1CCN(S(=O)(=O)c2ccccc2C(=O)OC)CC1)c1cc(C)ccc1C. The number of methoxy groups -OCH3 is 1. The van der Waals surface area contributed by atoms with Crippen molar-refractivity contribution < 1.29 is 22.7 Å². The van der Waals surface area contributed by atoms with Crippen molar-refractivity contribution in [3.8, 4) is 0 Å². The number of amides is 1. The molecule has 1 amide bonds. The van der Waals surface area contributed by atoms with E-state index in [0.29, 0.717) is 19.4 Å².